The van der Waals surface area contributed by atoms with Gasteiger partial charge in [0.1, 0.15) is 10.6 Å². The van der Waals surface area contributed by atoms with Crippen LogP contribution < -0.4 is 5.32 Å². The summed E-state index contributed by atoms with van der Waals surface area (Å²) in [5, 5.41) is 13.7. The normalized spacial score (nSPS) is 18.8. The van der Waals surface area contributed by atoms with E-state index in [0.717, 1.165) is 23.0 Å². The molecule has 0 bridgehead atoms. The second-order valence-corrected chi connectivity index (χ2v) is 8.22. The molecular weight excluding hydrogens is 300 g/mol. The zero-order valence-corrected chi connectivity index (χ0v) is 14.9. The van der Waals surface area contributed by atoms with Gasteiger partial charge in [-0.05, 0) is 33.1 Å². The zero-order valence-electron chi connectivity index (χ0n) is 14.0. The number of aromatic nitrogens is 2. The van der Waals surface area contributed by atoms with Gasteiger partial charge >= 0.3 is 6.09 Å². The van der Waals surface area contributed by atoms with Crippen LogP contribution in [0, 0.1) is 5.92 Å². The van der Waals surface area contributed by atoms with Crippen molar-refractivity contribution in [1.82, 2.24) is 15.1 Å². The monoisotopic (exact) mass is 326 g/mol. The SMILES string of the molecule is CC(C)Cc1nnc(NC2CCN(C(=O)OC(C)(C)C)C2)s1. The van der Waals surface area contributed by atoms with Crippen LogP contribution >= 0.6 is 11.3 Å². The maximum absolute atomic E-state index is 12.0. The van der Waals surface area contributed by atoms with Crippen molar-refractivity contribution in [2.24, 2.45) is 5.92 Å². The summed E-state index contributed by atoms with van der Waals surface area (Å²) in [6.07, 6.45) is 1.61. The largest absolute Gasteiger partial charge is 0.444 e. The van der Waals surface area contributed by atoms with Gasteiger partial charge in [-0.1, -0.05) is 25.2 Å². The summed E-state index contributed by atoms with van der Waals surface area (Å²) in [7, 11) is 0. The zero-order chi connectivity index (χ0) is 16.3. The molecule has 1 aromatic heterocycles. The van der Waals surface area contributed by atoms with Gasteiger partial charge in [-0.3, -0.25) is 0 Å². The van der Waals surface area contributed by atoms with E-state index in [0.29, 0.717) is 19.0 Å². The lowest BCUT2D eigenvalue weighted by molar-refractivity contribution is 0.0293. The summed E-state index contributed by atoms with van der Waals surface area (Å²) in [5.74, 6) is 0.579. The minimum atomic E-state index is -0.451. The molecule has 2 rings (SSSR count). The number of nitrogens with one attached hydrogen (secondary N) is 1. The average Bonchev–Trinajstić information content (AvgIpc) is 2.96. The van der Waals surface area contributed by atoms with E-state index in [-0.39, 0.29) is 12.1 Å². The van der Waals surface area contributed by atoms with Crippen molar-refractivity contribution in [2.45, 2.75) is 59.1 Å². The first-order valence-electron chi connectivity index (χ1n) is 7.80. The number of rotatable bonds is 4. The standard InChI is InChI=1S/C15H26N4O2S/c1-10(2)8-12-17-18-13(22-12)16-11-6-7-19(9-11)14(20)21-15(3,4)5/h10-11H,6-9H2,1-5H3,(H,16,18). The summed E-state index contributed by atoms with van der Waals surface area (Å²) in [5.41, 5.74) is -0.451. The average molecular weight is 326 g/mol. The summed E-state index contributed by atoms with van der Waals surface area (Å²) in [6, 6.07) is 0.215. The molecule has 1 saturated heterocycles. The summed E-state index contributed by atoms with van der Waals surface area (Å²) >= 11 is 1.60. The summed E-state index contributed by atoms with van der Waals surface area (Å²) in [4.78, 5) is 13.8. The molecule has 7 heteroatoms. The summed E-state index contributed by atoms with van der Waals surface area (Å²) < 4.78 is 5.40. The van der Waals surface area contributed by atoms with Crippen molar-refractivity contribution in [2.75, 3.05) is 18.4 Å². The number of carbonyl (C=O) groups excluding carboxylic acids is 1. The fraction of sp³-hybridized carbons (Fsp3) is 0.800. The lowest BCUT2D eigenvalue weighted by Gasteiger charge is -2.24. The van der Waals surface area contributed by atoms with E-state index >= 15 is 0 Å². The second kappa shape index (κ2) is 6.81. The molecule has 0 radical (unpaired) electrons. The fourth-order valence-electron chi connectivity index (χ4n) is 2.29. The molecule has 1 N–H and O–H groups in total. The van der Waals surface area contributed by atoms with Crippen LogP contribution in [0.4, 0.5) is 9.93 Å². The predicted molar refractivity (Wildman–Crippen MR) is 88.3 cm³/mol. The maximum Gasteiger partial charge on any atom is 0.410 e. The van der Waals surface area contributed by atoms with Gasteiger partial charge in [-0.15, -0.1) is 10.2 Å². The van der Waals surface area contributed by atoms with E-state index in [1.807, 2.05) is 20.8 Å². The van der Waals surface area contributed by atoms with E-state index in [1.165, 1.54) is 0 Å². The summed E-state index contributed by atoms with van der Waals surface area (Å²) in [6.45, 7) is 11.4. The van der Waals surface area contributed by atoms with Crippen molar-refractivity contribution in [3.8, 4) is 0 Å². The molecule has 0 spiro atoms. The third-order valence-corrected chi connectivity index (χ3v) is 4.09. The highest BCUT2D eigenvalue weighted by Crippen LogP contribution is 2.22. The van der Waals surface area contributed by atoms with E-state index in [4.69, 9.17) is 4.74 Å². The van der Waals surface area contributed by atoms with Crippen molar-refractivity contribution in [1.29, 1.82) is 0 Å². The second-order valence-electron chi connectivity index (χ2n) is 7.16. The predicted octanol–water partition coefficient (Wildman–Crippen LogP) is 3.16. The number of amides is 1. The number of nitrogens with zero attached hydrogens (tertiary/aromatic N) is 3. The molecule has 1 aromatic rings. The van der Waals surface area contributed by atoms with E-state index in [9.17, 15) is 4.79 Å². The Morgan fingerprint density at radius 1 is 1.45 bits per heavy atom. The van der Waals surface area contributed by atoms with Crippen LogP contribution in [0.2, 0.25) is 0 Å². The van der Waals surface area contributed by atoms with Gasteiger partial charge in [0.15, 0.2) is 0 Å². The molecule has 124 valence electrons. The van der Waals surface area contributed by atoms with E-state index in [1.54, 1.807) is 16.2 Å². The lowest BCUT2D eigenvalue weighted by atomic mass is 10.1. The third kappa shape index (κ3) is 5.12. The van der Waals surface area contributed by atoms with Crippen LogP contribution in [0.3, 0.4) is 0 Å². The number of likely N-dealkylation sites (tertiary alicyclic amines) is 1. The van der Waals surface area contributed by atoms with Gasteiger partial charge < -0.3 is 15.0 Å². The Kier molecular flexibility index (Phi) is 5.26. The Hall–Kier alpha value is -1.37. The minimum absolute atomic E-state index is 0.215. The van der Waals surface area contributed by atoms with Crippen LogP contribution in [-0.4, -0.2) is 45.9 Å². The van der Waals surface area contributed by atoms with E-state index in [2.05, 4.69) is 29.4 Å². The van der Waals surface area contributed by atoms with Crippen LogP contribution in [0.1, 0.15) is 46.0 Å². The Bertz CT molecular complexity index is 510. The highest BCUT2D eigenvalue weighted by atomic mass is 32.1. The van der Waals surface area contributed by atoms with Gasteiger partial charge in [0, 0.05) is 25.6 Å². The number of carbonyl (C=O) groups is 1. The van der Waals surface area contributed by atoms with Crippen molar-refractivity contribution >= 4 is 22.6 Å². The van der Waals surface area contributed by atoms with Gasteiger partial charge in [-0.25, -0.2) is 4.79 Å². The molecule has 0 aromatic carbocycles. The van der Waals surface area contributed by atoms with Crippen molar-refractivity contribution in [3.05, 3.63) is 5.01 Å². The molecular formula is C15H26N4O2S. The molecule has 0 aliphatic carbocycles. The quantitative estimate of drug-likeness (QED) is 0.920. The first-order valence-corrected chi connectivity index (χ1v) is 8.61. The molecule has 1 fully saturated rings. The molecule has 0 saturated carbocycles. The van der Waals surface area contributed by atoms with Gasteiger partial charge in [-0.2, -0.15) is 0 Å². The number of ether oxygens (including phenoxy) is 1. The fourth-order valence-corrected chi connectivity index (χ4v) is 3.32. The van der Waals surface area contributed by atoms with Crippen molar-refractivity contribution in [3.63, 3.8) is 0 Å². The van der Waals surface area contributed by atoms with Crippen molar-refractivity contribution < 1.29 is 9.53 Å². The minimum Gasteiger partial charge on any atom is -0.444 e. The topological polar surface area (TPSA) is 67.4 Å². The Balaban J connectivity index is 1.83. The van der Waals surface area contributed by atoms with Gasteiger partial charge in [0.25, 0.3) is 0 Å². The molecule has 1 aliphatic heterocycles. The Morgan fingerprint density at radius 3 is 2.82 bits per heavy atom. The Morgan fingerprint density at radius 2 is 2.18 bits per heavy atom. The molecule has 1 atom stereocenters. The first kappa shape index (κ1) is 17.0. The first-order chi connectivity index (χ1) is 10.2. The Labute approximate surface area is 136 Å². The van der Waals surface area contributed by atoms with Crippen LogP contribution in [0.5, 0.6) is 0 Å². The lowest BCUT2D eigenvalue weighted by Crippen LogP contribution is -2.36. The smallest absolute Gasteiger partial charge is 0.410 e. The molecule has 6 nitrogen and oxygen atoms in total. The number of hydrogen-bond acceptors (Lipinski definition) is 6. The van der Waals surface area contributed by atoms with Crippen LogP contribution in [0.25, 0.3) is 0 Å². The molecule has 1 amide bonds. The van der Waals surface area contributed by atoms with Gasteiger partial charge in [0.05, 0.1) is 0 Å². The van der Waals surface area contributed by atoms with E-state index < -0.39 is 5.60 Å². The highest BCUT2D eigenvalue weighted by Gasteiger charge is 2.30. The molecule has 22 heavy (non-hydrogen) atoms. The molecule has 1 aliphatic rings. The van der Waals surface area contributed by atoms with Gasteiger partial charge in [0.2, 0.25) is 5.13 Å². The third-order valence-electron chi connectivity index (χ3n) is 3.22. The highest BCUT2D eigenvalue weighted by molar-refractivity contribution is 7.15. The molecule has 1 unspecified atom stereocenters. The van der Waals surface area contributed by atoms with Crippen LogP contribution in [0.15, 0.2) is 0 Å². The maximum atomic E-state index is 12.0. The number of anilines is 1. The number of hydrogen-bond donors (Lipinski definition) is 1. The molecule has 2 heterocycles. The van der Waals surface area contributed by atoms with Crippen LogP contribution in [-0.2, 0) is 11.2 Å².